The molecule has 1 atom stereocenters. The Morgan fingerprint density at radius 1 is 1.60 bits per heavy atom. The molecule has 0 aliphatic carbocycles. The summed E-state index contributed by atoms with van der Waals surface area (Å²) in [5.41, 5.74) is 5.56. The van der Waals surface area contributed by atoms with Crippen LogP contribution in [0.3, 0.4) is 0 Å². The molecule has 0 aromatic heterocycles. The third-order valence-corrected chi connectivity index (χ3v) is 1.55. The lowest BCUT2D eigenvalue weighted by Crippen LogP contribution is -2.39. The Morgan fingerprint density at radius 2 is 2.30 bits per heavy atom. The van der Waals surface area contributed by atoms with E-state index >= 15 is 0 Å². The topological polar surface area (TPSA) is 58.7 Å². The Bertz CT molecular complexity index is 111. The average Bonchev–Trinajstić information content (AvgIpc) is 1.88. The first kappa shape index (κ1) is 9.65. The molecule has 0 radical (unpaired) electrons. The number of halogens is 1. The van der Waals surface area contributed by atoms with Crippen LogP contribution in [0, 0.1) is 4.91 Å². The van der Waals surface area contributed by atoms with Crippen molar-refractivity contribution in [3.05, 3.63) is 4.91 Å². The molecule has 0 aromatic carbocycles. The fourth-order valence-electron chi connectivity index (χ4n) is 1.06. The van der Waals surface area contributed by atoms with Gasteiger partial charge in [0.15, 0.2) is 0 Å². The van der Waals surface area contributed by atoms with Gasteiger partial charge in [0.2, 0.25) is 0 Å². The van der Waals surface area contributed by atoms with Crippen LogP contribution in [0.5, 0.6) is 0 Å². The van der Waals surface area contributed by atoms with Gasteiger partial charge < -0.3 is 5.73 Å². The second-order valence-electron chi connectivity index (χ2n) is 2.40. The molecule has 1 saturated heterocycles. The van der Waals surface area contributed by atoms with Gasteiger partial charge in [0, 0.05) is 12.6 Å². The van der Waals surface area contributed by atoms with Crippen molar-refractivity contribution in [2.45, 2.75) is 18.9 Å². The fourth-order valence-corrected chi connectivity index (χ4v) is 1.06. The second-order valence-corrected chi connectivity index (χ2v) is 2.40. The highest BCUT2D eigenvalue weighted by Crippen LogP contribution is 2.06. The number of hydrogen-bond donors (Lipinski definition) is 1. The largest absolute Gasteiger partial charge is 0.326 e. The first-order chi connectivity index (χ1) is 4.33. The van der Waals surface area contributed by atoms with E-state index in [0.29, 0.717) is 6.54 Å². The minimum atomic E-state index is 0. The van der Waals surface area contributed by atoms with E-state index in [9.17, 15) is 4.91 Å². The van der Waals surface area contributed by atoms with Crippen molar-refractivity contribution in [3.8, 4) is 0 Å². The molecule has 1 heterocycles. The van der Waals surface area contributed by atoms with Gasteiger partial charge in [-0.15, -0.1) is 17.3 Å². The van der Waals surface area contributed by atoms with E-state index < -0.39 is 0 Å². The minimum absolute atomic E-state index is 0. The number of nitrogens with zero attached hydrogens (tertiary/aromatic N) is 2. The molecule has 10 heavy (non-hydrogen) atoms. The Labute approximate surface area is 66.1 Å². The maximum Gasteiger partial charge on any atom is 0.0543 e. The predicted molar refractivity (Wildman–Crippen MR) is 41.8 cm³/mol. The van der Waals surface area contributed by atoms with Gasteiger partial charge in [-0.1, -0.05) is 0 Å². The average molecular weight is 166 g/mol. The highest BCUT2D eigenvalue weighted by molar-refractivity contribution is 5.85. The zero-order valence-electron chi connectivity index (χ0n) is 5.69. The molecule has 0 saturated carbocycles. The molecule has 1 unspecified atom stereocenters. The summed E-state index contributed by atoms with van der Waals surface area (Å²) >= 11 is 0. The number of rotatable bonds is 1. The van der Waals surface area contributed by atoms with Crippen molar-refractivity contribution in [1.82, 2.24) is 5.01 Å². The normalized spacial score (nSPS) is 25.3. The highest BCUT2D eigenvalue weighted by Gasteiger charge is 2.14. The van der Waals surface area contributed by atoms with E-state index in [1.807, 2.05) is 0 Å². The lowest BCUT2D eigenvalue weighted by Gasteiger charge is -2.24. The summed E-state index contributed by atoms with van der Waals surface area (Å²) in [7, 11) is 0. The molecule has 0 spiro atoms. The number of nitrogens with two attached hydrogens (primary N) is 1. The van der Waals surface area contributed by atoms with Crippen LogP contribution in [0.1, 0.15) is 12.8 Å². The summed E-state index contributed by atoms with van der Waals surface area (Å²) in [6, 6.07) is 0.149. The molecule has 0 bridgehead atoms. The number of piperidine rings is 1. The Morgan fingerprint density at radius 3 is 2.70 bits per heavy atom. The maximum atomic E-state index is 9.93. The molecule has 5 heteroatoms. The van der Waals surface area contributed by atoms with Crippen LogP contribution >= 0.6 is 12.4 Å². The van der Waals surface area contributed by atoms with Gasteiger partial charge in [0.25, 0.3) is 0 Å². The molecule has 60 valence electrons. The van der Waals surface area contributed by atoms with Gasteiger partial charge in [-0.2, -0.15) is 0 Å². The zero-order valence-corrected chi connectivity index (χ0v) is 6.51. The fraction of sp³-hybridized carbons (Fsp3) is 1.00. The van der Waals surface area contributed by atoms with E-state index in [-0.39, 0.29) is 18.4 Å². The summed E-state index contributed by atoms with van der Waals surface area (Å²) in [5, 5.41) is 4.28. The second kappa shape index (κ2) is 4.46. The lowest BCUT2D eigenvalue weighted by molar-refractivity contribution is 0.215. The molecular weight excluding hydrogens is 154 g/mol. The molecule has 1 fully saturated rings. The quantitative estimate of drug-likeness (QED) is 0.576. The number of hydrogen-bond acceptors (Lipinski definition) is 3. The first-order valence-corrected chi connectivity index (χ1v) is 3.16. The third-order valence-electron chi connectivity index (χ3n) is 1.55. The molecule has 1 aliphatic heterocycles. The van der Waals surface area contributed by atoms with E-state index in [4.69, 9.17) is 5.73 Å². The highest BCUT2D eigenvalue weighted by atomic mass is 35.5. The standard InChI is InChI=1S/C5H11N3O.ClH/c6-5-2-1-3-8(4-5)7-9;/h5H,1-4,6H2;1H. The summed E-state index contributed by atoms with van der Waals surface area (Å²) < 4.78 is 0. The van der Waals surface area contributed by atoms with Crippen molar-refractivity contribution in [3.63, 3.8) is 0 Å². The van der Waals surface area contributed by atoms with Gasteiger partial charge in [0.1, 0.15) is 0 Å². The van der Waals surface area contributed by atoms with Crippen LogP contribution in [0.25, 0.3) is 0 Å². The maximum absolute atomic E-state index is 9.93. The van der Waals surface area contributed by atoms with Crippen LogP contribution in [-0.2, 0) is 0 Å². The summed E-state index contributed by atoms with van der Waals surface area (Å²) in [6.45, 7) is 1.40. The van der Waals surface area contributed by atoms with E-state index in [2.05, 4.69) is 5.29 Å². The smallest absolute Gasteiger partial charge is 0.0543 e. The first-order valence-electron chi connectivity index (χ1n) is 3.16. The molecule has 0 aromatic rings. The van der Waals surface area contributed by atoms with Crippen molar-refractivity contribution in [2.75, 3.05) is 13.1 Å². The van der Waals surface area contributed by atoms with Gasteiger partial charge in [-0.25, -0.2) is 0 Å². The van der Waals surface area contributed by atoms with Gasteiger partial charge in [-0.05, 0) is 12.8 Å². The van der Waals surface area contributed by atoms with Gasteiger partial charge in [0.05, 0.1) is 11.8 Å². The van der Waals surface area contributed by atoms with Crippen LogP contribution in [-0.4, -0.2) is 24.1 Å². The van der Waals surface area contributed by atoms with E-state index in [1.165, 1.54) is 5.01 Å². The summed E-state index contributed by atoms with van der Waals surface area (Å²) in [6.07, 6.45) is 2.01. The van der Waals surface area contributed by atoms with Crippen LogP contribution in [0.4, 0.5) is 0 Å². The Hall–Kier alpha value is -0.350. The zero-order chi connectivity index (χ0) is 6.69. The van der Waals surface area contributed by atoms with Crippen LogP contribution in [0.15, 0.2) is 5.29 Å². The SMILES string of the molecule is Cl.NC1CCCN(N=O)C1. The molecule has 4 nitrogen and oxygen atoms in total. The van der Waals surface area contributed by atoms with Crippen molar-refractivity contribution < 1.29 is 0 Å². The van der Waals surface area contributed by atoms with Crippen molar-refractivity contribution in [2.24, 2.45) is 11.0 Å². The van der Waals surface area contributed by atoms with Crippen molar-refractivity contribution >= 4 is 12.4 Å². The molecular formula is C5H12ClN3O. The third kappa shape index (κ3) is 2.49. The van der Waals surface area contributed by atoms with Crippen molar-refractivity contribution in [1.29, 1.82) is 0 Å². The molecule has 1 rings (SSSR count). The predicted octanol–water partition coefficient (Wildman–Crippen LogP) is 0.513. The van der Waals surface area contributed by atoms with Crippen LogP contribution in [0.2, 0.25) is 0 Å². The Balaban J connectivity index is 0.000000810. The molecule has 1 aliphatic rings. The van der Waals surface area contributed by atoms with E-state index in [0.717, 1.165) is 19.4 Å². The lowest BCUT2D eigenvalue weighted by atomic mass is 10.1. The summed E-state index contributed by atoms with van der Waals surface area (Å²) in [4.78, 5) is 9.93. The summed E-state index contributed by atoms with van der Waals surface area (Å²) in [5.74, 6) is 0. The molecule has 0 amide bonds. The monoisotopic (exact) mass is 165 g/mol. The minimum Gasteiger partial charge on any atom is -0.326 e. The van der Waals surface area contributed by atoms with Crippen LogP contribution < -0.4 is 5.73 Å². The van der Waals surface area contributed by atoms with Gasteiger partial charge in [-0.3, -0.25) is 5.01 Å². The number of nitroso groups, excluding NO2 is 1. The molecule has 2 N–H and O–H groups in total. The Kier molecular flexibility index (Phi) is 4.31. The van der Waals surface area contributed by atoms with Gasteiger partial charge >= 0.3 is 0 Å². The van der Waals surface area contributed by atoms with E-state index in [1.54, 1.807) is 0 Å².